The maximum Gasteiger partial charge on any atom is 0.220 e. The molecule has 0 aromatic heterocycles. The summed E-state index contributed by atoms with van der Waals surface area (Å²) in [4.78, 5) is 12.4. The smallest absolute Gasteiger partial charge is 0.220 e. The van der Waals surface area contributed by atoms with Gasteiger partial charge in [-0.1, -0.05) is 210 Å². The number of rotatable bonds is 40. The predicted octanol–water partition coefficient (Wildman–Crippen LogP) is 14.0. The largest absolute Gasteiger partial charge is 0.394 e. The van der Waals surface area contributed by atoms with Crippen LogP contribution in [0.1, 0.15) is 226 Å². The molecular formula is C47H87NO3. The first-order valence-electron chi connectivity index (χ1n) is 22.4. The minimum Gasteiger partial charge on any atom is -0.394 e. The van der Waals surface area contributed by atoms with E-state index < -0.39 is 12.1 Å². The lowest BCUT2D eigenvalue weighted by Crippen LogP contribution is -2.45. The molecule has 4 heteroatoms. The van der Waals surface area contributed by atoms with Crippen LogP contribution >= 0.6 is 0 Å². The summed E-state index contributed by atoms with van der Waals surface area (Å²) >= 11 is 0. The molecule has 0 aliphatic carbocycles. The van der Waals surface area contributed by atoms with Crippen molar-refractivity contribution in [2.45, 2.75) is 238 Å². The molecule has 0 aliphatic heterocycles. The number of carbonyl (C=O) groups is 1. The van der Waals surface area contributed by atoms with Crippen molar-refractivity contribution < 1.29 is 15.0 Å². The minimum atomic E-state index is -0.840. The van der Waals surface area contributed by atoms with Crippen LogP contribution in [0.4, 0.5) is 0 Å². The molecule has 0 saturated carbocycles. The van der Waals surface area contributed by atoms with Gasteiger partial charge < -0.3 is 15.5 Å². The van der Waals surface area contributed by atoms with Crippen LogP contribution in [-0.2, 0) is 4.79 Å². The highest BCUT2D eigenvalue weighted by Crippen LogP contribution is 2.14. The number of carbonyl (C=O) groups excluding carboxylic acids is 1. The molecule has 298 valence electrons. The lowest BCUT2D eigenvalue weighted by Gasteiger charge is -2.20. The summed E-state index contributed by atoms with van der Waals surface area (Å²) in [5.41, 5.74) is 0. The van der Waals surface area contributed by atoms with Gasteiger partial charge >= 0.3 is 0 Å². The van der Waals surface area contributed by atoms with Gasteiger partial charge in [0.2, 0.25) is 5.91 Å². The molecule has 51 heavy (non-hydrogen) atoms. The average Bonchev–Trinajstić information content (AvgIpc) is 3.13. The van der Waals surface area contributed by atoms with Crippen LogP contribution in [0.3, 0.4) is 0 Å². The molecule has 0 saturated heterocycles. The van der Waals surface area contributed by atoms with Crippen LogP contribution in [-0.4, -0.2) is 34.9 Å². The number of nitrogens with one attached hydrogen (secondary N) is 1. The molecular weight excluding hydrogens is 627 g/mol. The Kier molecular flexibility index (Phi) is 41.4. The molecule has 0 bridgehead atoms. The first-order valence-corrected chi connectivity index (χ1v) is 22.4. The van der Waals surface area contributed by atoms with Crippen molar-refractivity contribution in [1.82, 2.24) is 5.32 Å². The summed E-state index contributed by atoms with van der Waals surface area (Å²) in [7, 11) is 0. The summed E-state index contributed by atoms with van der Waals surface area (Å²) in [5, 5.41) is 23.0. The van der Waals surface area contributed by atoms with Gasteiger partial charge in [-0.2, -0.15) is 0 Å². The second kappa shape index (κ2) is 42.8. The minimum absolute atomic E-state index is 0.0692. The van der Waals surface area contributed by atoms with Crippen LogP contribution in [0, 0.1) is 0 Å². The Balaban J connectivity index is 3.57. The fourth-order valence-electron chi connectivity index (χ4n) is 6.60. The third kappa shape index (κ3) is 39.4. The Bertz CT molecular complexity index is 816. The number of hydrogen-bond donors (Lipinski definition) is 3. The monoisotopic (exact) mass is 714 g/mol. The fourth-order valence-corrected chi connectivity index (χ4v) is 6.60. The van der Waals surface area contributed by atoms with Crippen molar-refractivity contribution in [3.8, 4) is 0 Å². The summed E-state index contributed by atoms with van der Waals surface area (Å²) < 4.78 is 0. The van der Waals surface area contributed by atoms with Crippen LogP contribution in [0.2, 0.25) is 0 Å². The summed E-state index contributed by atoms with van der Waals surface area (Å²) in [6.07, 6.45) is 57.9. The van der Waals surface area contributed by atoms with Crippen molar-refractivity contribution in [3.05, 3.63) is 48.6 Å². The van der Waals surface area contributed by atoms with Crippen molar-refractivity contribution in [2.24, 2.45) is 0 Å². The van der Waals surface area contributed by atoms with E-state index in [4.69, 9.17) is 0 Å². The van der Waals surface area contributed by atoms with Gasteiger partial charge in [-0.3, -0.25) is 4.79 Å². The Hall–Kier alpha value is -1.65. The zero-order chi connectivity index (χ0) is 37.1. The van der Waals surface area contributed by atoms with Gasteiger partial charge in [0.1, 0.15) is 0 Å². The van der Waals surface area contributed by atoms with E-state index >= 15 is 0 Å². The number of amides is 1. The Morgan fingerprint density at radius 1 is 0.471 bits per heavy atom. The van der Waals surface area contributed by atoms with E-state index in [1.807, 2.05) is 6.08 Å². The van der Waals surface area contributed by atoms with E-state index in [1.54, 1.807) is 6.08 Å². The topological polar surface area (TPSA) is 69.6 Å². The van der Waals surface area contributed by atoms with Crippen LogP contribution in [0.5, 0.6) is 0 Å². The van der Waals surface area contributed by atoms with Gasteiger partial charge in [0.15, 0.2) is 0 Å². The lowest BCUT2D eigenvalue weighted by molar-refractivity contribution is -0.123. The van der Waals surface area contributed by atoms with Gasteiger partial charge in [-0.05, 0) is 57.8 Å². The SMILES string of the molecule is CCCCCCC/C=C\C/C=C\C/C=C\CCCCCCCCCCCCC(=O)NC(CO)C(O)/C=C/CCCCCCCCCCCCCC. The van der Waals surface area contributed by atoms with E-state index in [9.17, 15) is 15.0 Å². The maximum absolute atomic E-state index is 12.4. The van der Waals surface area contributed by atoms with Crippen molar-refractivity contribution in [2.75, 3.05) is 6.61 Å². The molecule has 4 nitrogen and oxygen atoms in total. The van der Waals surface area contributed by atoms with Crippen molar-refractivity contribution >= 4 is 5.91 Å². The zero-order valence-electron chi connectivity index (χ0n) is 34.1. The molecule has 0 spiro atoms. The quantitative estimate of drug-likeness (QED) is 0.0437. The summed E-state index contributed by atoms with van der Waals surface area (Å²) in [6, 6.07) is -0.624. The van der Waals surface area contributed by atoms with Crippen LogP contribution < -0.4 is 5.32 Å². The first-order chi connectivity index (χ1) is 25.2. The number of allylic oxidation sites excluding steroid dienone is 7. The normalized spacial score (nSPS) is 13.4. The summed E-state index contributed by atoms with van der Waals surface area (Å²) in [6.45, 7) is 4.29. The molecule has 1 amide bonds. The van der Waals surface area contributed by atoms with Crippen molar-refractivity contribution in [3.63, 3.8) is 0 Å². The van der Waals surface area contributed by atoms with Crippen LogP contribution in [0.15, 0.2) is 48.6 Å². The second-order valence-corrected chi connectivity index (χ2v) is 15.1. The van der Waals surface area contributed by atoms with Gasteiger partial charge in [0.05, 0.1) is 18.8 Å². The zero-order valence-corrected chi connectivity index (χ0v) is 34.1. The molecule has 0 radical (unpaired) electrons. The molecule has 2 unspecified atom stereocenters. The van der Waals surface area contributed by atoms with E-state index in [0.29, 0.717) is 6.42 Å². The van der Waals surface area contributed by atoms with Crippen LogP contribution in [0.25, 0.3) is 0 Å². The predicted molar refractivity (Wildman–Crippen MR) is 225 cm³/mol. The number of hydrogen-bond acceptors (Lipinski definition) is 3. The number of unbranched alkanes of at least 4 members (excludes halogenated alkanes) is 27. The molecule has 0 aromatic carbocycles. The average molecular weight is 714 g/mol. The maximum atomic E-state index is 12.4. The van der Waals surface area contributed by atoms with E-state index in [0.717, 1.165) is 38.5 Å². The number of aliphatic hydroxyl groups is 2. The third-order valence-corrected chi connectivity index (χ3v) is 10.1. The molecule has 0 heterocycles. The van der Waals surface area contributed by atoms with Gasteiger partial charge in [-0.15, -0.1) is 0 Å². The van der Waals surface area contributed by atoms with Gasteiger partial charge in [0, 0.05) is 6.42 Å². The van der Waals surface area contributed by atoms with E-state index in [-0.39, 0.29) is 12.5 Å². The Morgan fingerprint density at radius 3 is 1.20 bits per heavy atom. The van der Waals surface area contributed by atoms with Gasteiger partial charge in [0.25, 0.3) is 0 Å². The molecule has 0 fully saturated rings. The fraction of sp³-hybridized carbons (Fsp3) is 0.809. The first kappa shape index (κ1) is 49.4. The highest BCUT2D eigenvalue weighted by molar-refractivity contribution is 5.76. The lowest BCUT2D eigenvalue weighted by atomic mass is 10.0. The molecule has 0 aromatic rings. The molecule has 2 atom stereocenters. The molecule has 0 aliphatic rings. The molecule has 0 rings (SSSR count). The standard InChI is InChI=1S/C47H87NO3/c1-3-5-7-9-11-13-15-17-19-20-21-22-23-24-25-26-27-28-29-31-33-35-37-39-41-43-47(51)48-45(44-49)46(50)42-40-38-36-34-32-30-18-16-14-12-10-8-6-4-2/h15,17,20-21,23-24,40,42,45-46,49-50H,3-14,16,18-19,22,25-39,41,43-44H2,1-2H3,(H,48,51)/b17-15-,21-20-,24-23-,42-40+. The Labute approximate surface area is 318 Å². The highest BCUT2D eigenvalue weighted by atomic mass is 16.3. The third-order valence-electron chi connectivity index (χ3n) is 10.1. The summed E-state index contributed by atoms with van der Waals surface area (Å²) in [5.74, 6) is -0.0692. The highest BCUT2D eigenvalue weighted by Gasteiger charge is 2.17. The van der Waals surface area contributed by atoms with Gasteiger partial charge in [-0.25, -0.2) is 0 Å². The number of aliphatic hydroxyl groups excluding tert-OH is 2. The van der Waals surface area contributed by atoms with E-state index in [2.05, 4.69) is 55.6 Å². The van der Waals surface area contributed by atoms with Crippen molar-refractivity contribution in [1.29, 1.82) is 0 Å². The van der Waals surface area contributed by atoms with E-state index in [1.165, 1.54) is 167 Å². The molecule has 3 N–H and O–H groups in total. The Morgan fingerprint density at radius 2 is 0.804 bits per heavy atom. The second-order valence-electron chi connectivity index (χ2n) is 15.1.